The summed E-state index contributed by atoms with van der Waals surface area (Å²) in [5.74, 6) is -1.70. The lowest BCUT2D eigenvalue weighted by Crippen LogP contribution is -2.14. The number of anilines is 1. The van der Waals surface area contributed by atoms with Crippen LogP contribution < -0.4 is 5.32 Å². The highest BCUT2D eigenvalue weighted by Gasteiger charge is 2.34. The van der Waals surface area contributed by atoms with Gasteiger partial charge in [0.2, 0.25) is 5.95 Å². The van der Waals surface area contributed by atoms with Crippen LogP contribution in [-0.2, 0) is 18.9 Å². The van der Waals surface area contributed by atoms with E-state index in [1.807, 2.05) is 0 Å². The van der Waals surface area contributed by atoms with E-state index in [1.54, 1.807) is 13.8 Å². The second-order valence-electron chi connectivity index (χ2n) is 6.38. The number of aromatic nitrogens is 3. The average molecular weight is 438 g/mol. The molecule has 0 amide bonds. The molecule has 12 heteroatoms. The first-order valence-corrected chi connectivity index (χ1v) is 8.48. The number of nitrogens with one attached hydrogen (secondary N) is 1. The van der Waals surface area contributed by atoms with Gasteiger partial charge in [0.25, 0.3) is 0 Å². The largest absolute Gasteiger partial charge is 0.433 e. The van der Waals surface area contributed by atoms with Crippen LogP contribution in [0.1, 0.15) is 30.7 Å². The number of rotatable bonds is 3. The average Bonchev–Trinajstić information content (AvgIpc) is 3.06. The van der Waals surface area contributed by atoms with E-state index >= 15 is 0 Å². The monoisotopic (exact) mass is 438 g/mol. The minimum Gasteiger partial charge on any atom is -0.394 e. The third-order valence-electron chi connectivity index (χ3n) is 3.47. The zero-order chi connectivity index (χ0) is 22.7. The first kappa shape index (κ1) is 23.4. The summed E-state index contributed by atoms with van der Waals surface area (Å²) in [5.41, 5.74) is -2.52. The Morgan fingerprint density at radius 3 is 2.23 bits per heavy atom. The molecule has 3 rings (SSSR count). The van der Waals surface area contributed by atoms with Crippen LogP contribution in [0.2, 0.25) is 0 Å². The molecule has 0 atom stereocenters. The number of aliphatic hydroxyl groups excluding tert-OH is 1. The minimum absolute atomic E-state index is 0.0200. The van der Waals surface area contributed by atoms with Gasteiger partial charge in [-0.3, -0.25) is 4.40 Å². The maximum Gasteiger partial charge on any atom is 0.433 e. The number of benzene rings is 1. The summed E-state index contributed by atoms with van der Waals surface area (Å²) < 4.78 is 91.1. The Kier molecular flexibility index (Phi) is 6.91. The number of aliphatic hydroxyl groups is 1. The molecular weight excluding hydrogens is 421 g/mol. The van der Waals surface area contributed by atoms with Gasteiger partial charge in [-0.15, -0.1) is 0 Å². The second-order valence-corrected chi connectivity index (χ2v) is 6.38. The lowest BCUT2D eigenvalue weighted by Gasteiger charge is -2.13. The maximum absolute atomic E-state index is 13.6. The predicted molar refractivity (Wildman–Crippen MR) is 94.1 cm³/mol. The third kappa shape index (κ3) is 6.05. The van der Waals surface area contributed by atoms with Gasteiger partial charge in [-0.25, -0.2) is 14.4 Å². The smallest absolute Gasteiger partial charge is 0.394 e. The summed E-state index contributed by atoms with van der Waals surface area (Å²) in [6, 6.07) is 3.01. The van der Waals surface area contributed by atoms with E-state index in [-0.39, 0.29) is 29.8 Å². The van der Waals surface area contributed by atoms with Crippen LogP contribution >= 0.6 is 0 Å². The molecule has 0 aliphatic carbocycles. The van der Waals surface area contributed by atoms with Gasteiger partial charge >= 0.3 is 12.4 Å². The lowest BCUT2D eigenvalue weighted by molar-refractivity contribution is -0.141. The molecule has 2 aromatic heterocycles. The van der Waals surface area contributed by atoms with Gasteiger partial charge < -0.3 is 10.4 Å². The van der Waals surface area contributed by atoms with Crippen molar-refractivity contribution >= 4 is 11.6 Å². The predicted octanol–water partition coefficient (Wildman–Crippen LogP) is 4.91. The molecule has 0 aliphatic heterocycles. The fraction of sp³-hybridized carbons (Fsp3) is 0.333. The van der Waals surface area contributed by atoms with Gasteiger partial charge in [0.05, 0.1) is 5.56 Å². The molecule has 2 N–H and O–H groups in total. The quantitative estimate of drug-likeness (QED) is 0.571. The van der Waals surface area contributed by atoms with Crippen LogP contribution in [0.3, 0.4) is 0 Å². The summed E-state index contributed by atoms with van der Waals surface area (Å²) in [4.78, 5) is 7.21. The van der Waals surface area contributed by atoms with Crippen molar-refractivity contribution in [2.24, 2.45) is 0 Å². The van der Waals surface area contributed by atoms with Gasteiger partial charge in [0.1, 0.15) is 11.5 Å². The van der Waals surface area contributed by atoms with Gasteiger partial charge in [-0.05, 0) is 31.5 Å². The SMILES string of the molecule is CC(C)O.Fc1cc(CNc2nc(C(F)(F)F)cc3nccn23)ccc1C(F)(F)F. The fourth-order valence-corrected chi connectivity index (χ4v) is 2.27. The normalized spacial score (nSPS) is 12.1. The minimum atomic E-state index is -4.83. The summed E-state index contributed by atoms with van der Waals surface area (Å²) in [5, 5.41) is 10.6. The molecule has 0 aliphatic rings. The van der Waals surface area contributed by atoms with E-state index in [0.717, 1.165) is 12.1 Å². The topological polar surface area (TPSA) is 62.5 Å². The Bertz CT molecular complexity index is 994. The molecule has 3 aromatic rings. The summed E-state index contributed by atoms with van der Waals surface area (Å²) >= 11 is 0. The molecule has 30 heavy (non-hydrogen) atoms. The van der Waals surface area contributed by atoms with Gasteiger partial charge in [-0.1, -0.05) is 6.07 Å². The van der Waals surface area contributed by atoms with Crippen molar-refractivity contribution in [3.05, 3.63) is 59.3 Å². The summed E-state index contributed by atoms with van der Waals surface area (Å²) in [6.45, 7) is 3.21. The van der Waals surface area contributed by atoms with Crippen molar-refractivity contribution in [3.63, 3.8) is 0 Å². The van der Waals surface area contributed by atoms with Crippen LogP contribution in [-0.4, -0.2) is 25.6 Å². The molecule has 0 fully saturated rings. The standard InChI is InChI=1S/C15H9F7N4.C3H8O/c16-10-5-8(1-2-9(10)14(17,18)19)7-24-13-25-11(15(20,21)22)6-12-23-3-4-26(12)13;1-3(2)4/h1-6H,7H2,(H,24,25);3-4H,1-2H3. The number of fused-ring (bicyclic) bond motifs is 1. The number of hydrogen-bond acceptors (Lipinski definition) is 4. The molecule has 0 saturated heterocycles. The van der Waals surface area contributed by atoms with Gasteiger partial charge in [0, 0.05) is 31.1 Å². The van der Waals surface area contributed by atoms with E-state index in [1.165, 1.54) is 16.8 Å². The van der Waals surface area contributed by atoms with Gasteiger partial charge in [-0.2, -0.15) is 26.3 Å². The molecule has 2 heterocycles. The van der Waals surface area contributed by atoms with E-state index in [2.05, 4.69) is 15.3 Å². The molecule has 0 saturated carbocycles. The van der Waals surface area contributed by atoms with Crippen molar-refractivity contribution in [2.75, 3.05) is 5.32 Å². The van der Waals surface area contributed by atoms with E-state index < -0.39 is 29.4 Å². The Balaban J connectivity index is 0.000000735. The van der Waals surface area contributed by atoms with Crippen molar-refractivity contribution < 1.29 is 35.8 Å². The van der Waals surface area contributed by atoms with Crippen LogP contribution in [0.25, 0.3) is 5.65 Å². The molecule has 0 spiro atoms. The fourth-order valence-electron chi connectivity index (χ4n) is 2.27. The van der Waals surface area contributed by atoms with Crippen molar-refractivity contribution in [3.8, 4) is 0 Å². The van der Waals surface area contributed by atoms with E-state index in [4.69, 9.17) is 5.11 Å². The molecule has 0 bridgehead atoms. The van der Waals surface area contributed by atoms with Crippen molar-refractivity contribution in [1.82, 2.24) is 14.4 Å². The van der Waals surface area contributed by atoms with Crippen LogP contribution in [0, 0.1) is 5.82 Å². The highest BCUT2D eigenvalue weighted by atomic mass is 19.4. The Morgan fingerprint density at radius 1 is 1.07 bits per heavy atom. The number of imidazole rings is 1. The van der Waals surface area contributed by atoms with E-state index in [0.29, 0.717) is 12.1 Å². The highest BCUT2D eigenvalue weighted by Crippen LogP contribution is 2.32. The number of alkyl halides is 6. The zero-order valence-electron chi connectivity index (χ0n) is 15.7. The zero-order valence-corrected chi connectivity index (χ0v) is 15.7. The maximum atomic E-state index is 13.6. The molecule has 164 valence electrons. The number of hydrogen-bond donors (Lipinski definition) is 2. The number of nitrogens with zero attached hydrogens (tertiary/aromatic N) is 3. The number of halogens is 7. The van der Waals surface area contributed by atoms with Crippen molar-refractivity contribution in [1.29, 1.82) is 0 Å². The third-order valence-corrected chi connectivity index (χ3v) is 3.47. The molecule has 0 unspecified atom stereocenters. The highest BCUT2D eigenvalue weighted by molar-refractivity contribution is 5.48. The lowest BCUT2D eigenvalue weighted by atomic mass is 10.1. The molecule has 0 radical (unpaired) electrons. The molecular formula is C18H17F7N4O. The van der Waals surface area contributed by atoms with Crippen molar-refractivity contribution in [2.45, 2.75) is 38.8 Å². The summed E-state index contributed by atoms with van der Waals surface area (Å²) in [7, 11) is 0. The first-order valence-electron chi connectivity index (χ1n) is 8.48. The molecule has 5 nitrogen and oxygen atoms in total. The van der Waals surface area contributed by atoms with Gasteiger partial charge in [0.15, 0.2) is 5.69 Å². The Hall–Kier alpha value is -2.89. The Labute approximate surface area is 166 Å². The summed E-state index contributed by atoms with van der Waals surface area (Å²) in [6.07, 6.45) is -7.08. The first-order chi connectivity index (χ1) is 13.8. The van der Waals surface area contributed by atoms with E-state index in [9.17, 15) is 30.7 Å². The van der Waals surface area contributed by atoms with Crippen LogP contribution in [0.4, 0.5) is 36.7 Å². The Morgan fingerprint density at radius 2 is 1.70 bits per heavy atom. The van der Waals surface area contributed by atoms with Crippen LogP contribution in [0.5, 0.6) is 0 Å². The molecule has 1 aromatic carbocycles. The second kappa shape index (κ2) is 8.86. The van der Waals surface area contributed by atoms with Crippen LogP contribution in [0.15, 0.2) is 36.7 Å².